The molecule has 0 heterocycles. The third-order valence-electron chi connectivity index (χ3n) is 0.760. The van der Waals surface area contributed by atoms with E-state index in [0.29, 0.717) is 4.91 Å². The first kappa shape index (κ1) is 7.63. The fourth-order valence-electron chi connectivity index (χ4n) is 0.316. The SMILES string of the molecule is C=C(S)/C=C(/N)CC. The van der Waals surface area contributed by atoms with Crippen molar-refractivity contribution in [3.8, 4) is 0 Å². The third-order valence-corrected chi connectivity index (χ3v) is 0.889. The number of rotatable bonds is 2. The van der Waals surface area contributed by atoms with Gasteiger partial charge in [-0.15, -0.1) is 12.6 Å². The molecule has 0 fully saturated rings. The molecule has 2 N–H and O–H groups in total. The molecule has 2 heteroatoms. The van der Waals surface area contributed by atoms with E-state index < -0.39 is 0 Å². The summed E-state index contributed by atoms with van der Waals surface area (Å²) >= 11 is 3.94. The molecule has 0 amide bonds. The summed E-state index contributed by atoms with van der Waals surface area (Å²) in [7, 11) is 0. The van der Waals surface area contributed by atoms with Gasteiger partial charge in [-0.05, 0) is 17.4 Å². The summed E-state index contributed by atoms with van der Waals surface area (Å²) in [6.45, 7) is 5.54. The van der Waals surface area contributed by atoms with Crippen molar-refractivity contribution in [1.82, 2.24) is 0 Å². The van der Waals surface area contributed by atoms with E-state index in [4.69, 9.17) is 5.73 Å². The third kappa shape index (κ3) is 3.81. The number of hydrogen-bond donors (Lipinski definition) is 2. The molecular formula is C6H11NS. The van der Waals surface area contributed by atoms with Gasteiger partial charge in [0.15, 0.2) is 0 Å². The first-order valence-corrected chi connectivity index (χ1v) is 2.95. The fraction of sp³-hybridized carbons (Fsp3) is 0.333. The van der Waals surface area contributed by atoms with Gasteiger partial charge in [-0.2, -0.15) is 0 Å². The Balaban J connectivity index is 3.75. The van der Waals surface area contributed by atoms with Crippen molar-refractivity contribution in [2.75, 3.05) is 0 Å². The van der Waals surface area contributed by atoms with Crippen LogP contribution in [0.25, 0.3) is 0 Å². The van der Waals surface area contributed by atoms with Crippen LogP contribution in [0.4, 0.5) is 0 Å². The van der Waals surface area contributed by atoms with Gasteiger partial charge in [-0.1, -0.05) is 13.5 Å². The van der Waals surface area contributed by atoms with Gasteiger partial charge in [0.2, 0.25) is 0 Å². The second-order valence-corrected chi connectivity index (χ2v) is 2.14. The van der Waals surface area contributed by atoms with Crippen LogP contribution < -0.4 is 5.73 Å². The molecule has 0 aliphatic carbocycles. The van der Waals surface area contributed by atoms with Crippen LogP contribution in [0.2, 0.25) is 0 Å². The molecular weight excluding hydrogens is 118 g/mol. The molecule has 0 radical (unpaired) electrons. The smallest absolute Gasteiger partial charge is 0.00886 e. The maximum Gasteiger partial charge on any atom is 0.00886 e. The van der Waals surface area contributed by atoms with Gasteiger partial charge in [-0.25, -0.2) is 0 Å². The van der Waals surface area contributed by atoms with Gasteiger partial charge in [-0.3, -0.25) is 0 Å². The average Bonchev–Trinajstić information content (AvgIpc) is 1.65. The van der Waals surface area contributed by atoms with E-state index >= 15 is 0 Å². The molecule has 0 bridgehead atoms. The normalized spacial score (nSPS) is 11.5. The number of thiol groups is 1. The van der Waals surface area contributed by atoms with Crippen molar-refractivity contribution in [3.05, 3.63) is 23.3 Å². The molecule has 0 spiro atoms. The predicted molar refractivity (Wildman–Crippen MR) is 40.7 cm³/mol. The van der Waals surface area contributed by atoms with Crippen LogP contribution in [-0.2, 0) is 0 Å². The molecule has 0 aliphatic rings. The monoisotopic (exact) mass is 129 g/mol. The van der Waals surface area contributed by atoms with E-state index in [1.165, 1.54) is 0 Å². The molecule has 46 valence electrons. The van der Waals surface area contributed by atoms with E-state index in [9.17, 15) is 0 Å². The Morgan fingerprint density at radius 1 is 1.88 bits per heavy atom. The van der Waals surface area contributed by atoms with Gasteiger partial charge >= 0.3 is 0 Å². The Bertz CT molecular complexity index is 116. The Labute approximate surface area is 55.7 Å². The number of nitrogens with two attached hydrogens (primary N) is 1. The molecule has 0 atom stereocenters. The highest BCUT2D eigenvalue weighted by atomic mass is 32.1. The maximum atomic E-state index is 5.43. The van der Waals surface area contributed by atoms with Crippen LogP contribution >= 0.6 is 12.6 Å². The topological polar surface area (TPSA) is 26.0 Å². The van der Waals surface area contributed by atoms with Crippen LogP contribution in [0.3, 0.4) is 0 Å². The molecule has 0 unspecified atom stereocenters. The van der Waals surface area contributed by atoms with Crippen LogP contribution in [0, 0.1) is 0 Å². The van der Waals surface area contributed by atoms with E-state index in [1.54, 1.807) is 6.08 Å². The van der Waals surface area contributed by atoms with Crippen LogP contribution in [0.15, 0.2) is 23.3 Å². The Morgan fingerprint density at radius 3 is 2.50 bits per heavy atom. The van der Waals surface area contributed by atoms with Gasteiger partial charge < -0.3 is 5.73 Å². The minimum absolute atomic E-state index is 0.712. The molecule has 1 nitrogen and oxygen atoms in total. The zero-order valence-electron chi connectivity index (χ0n) is 5.02. The first-order valence-electron chi connectivity index (χ1n) is 2.50. The van der Waals surface area contributed by atoms with Crippen molar-refractivity contribution >= 4 is 12.6 Å². The van der Waals surface area contributed by atoms with Crippen LogP contribution in [-0.4, -0.2) is 0 Å². The van der Waals surface area contributed by atoms with Gasteiger partial charge in [0.05, 0.1) is 0 Å². The predicted octanol–water partition coefficient (Wildman–Crippen LogP) is 1.68. The lowest BCUT2D eigenvalue weighted by Crippen LogP contribution is -1.93. The van der Waals surface area contributed by atoms with Gasteiger partial charge in [0.1, 0.15) is 0 Å². The Kier molecular flexibility index (Phi) is 3.44. The lowest BCUT2D eigenvalue weighted by molar-refractivity contribution is 1.07. The van der Waals surface area contributed by atoms with E-state index in [1.807, 2.05) is 6.92 Å². The van der Waals surface area contributed by atoms with Gasteiger partial charge in [0.25, 0.3) is 0 Å². The van der Waals surface area contributed by atoms with Gasteiger partial charge in [0, 0.05) is 5.70 Å². The maximum absolute atomic E-state index is 5.43. The Hall–Kier alpha value is -0.370. The van der Waals surface area contributed by atoms with Crippen molar-refractivity contribution in [3.63, 3.8) is 0 Å². The molecule has 8 heavy (non-hydrogen) atoms. The van der Waals surface area contributed by atoms with Crippen molar-refractivity contribution < 1.29 is 0 Å². The fourth-order valence-corrected chi connectivity index (χ4v) is 0.482. The number of hydrogen-bond acceptors (Lipinski definition) is 2. The van der Waals surface area contributed by atoms with E-state index in [0.717, 1.165) is 12.1 Å². The quantitative estimate of drug-likeness (QED) is 0.430. The molecule has 0 saturated heterocycles. The lowest BCUT2D eigenvalue weighted by atomic mass is 10.3. The molecule has 0 rings (SSSR count). The van der Waals surface area contributed by atoms with Crippen molar-refractivity contribution in [2.45, 2.75) is 13.3 Å². The minimum Gasteiger partial charge on any atom is -0.402 e. The summed E-state index contributed by atoms with van der Waals surface area (Å²) in [6, 6.07) is 0. The number of allylic oxidation sites excluding steroid dienone is 2. The second kappa shape index (κ2) is 3.61. The average molecular weight is 129 g/mol. The highest BCUT2D eigenvalue weighted by Gasteiger charge is 1.81. The van der Waals surface area contributed by atoms with Crippen LogP contribution in [0.1, 0.15) is 13.3 Å². The summed E-state index contributed by atoms with van der Waals surface area (Å²) in [5, 5.41) is 0. The summed E-state index contributed by atoms with van der Waals surface area (Å²) in [4.78, 5) is 0.712. The summed E-state index contributed by atoms with van der Waals surface area (Å²) in [6.07, 6.45) is 2.61. The molecule has 0 aliphatic heterocycles. The highest BCUT2D eigenvalue weighted by molar-refractivity contribution is 7.84. The largest absolute Gasteiger partial charge is 0.402 e. The molecule has 0 saturated carbocycles. The van der Waals surface area contributed by atoms with Crippen LogP contribution in [0.5, 0.6) is 0 Å². The van der Waals surface area contributed by atoms with E-state index in [2.05, 4.69) is 19.2 Å². The molecule has 0 aromatic rings. The molecule has 0 aromatic carbocycles. The first-order chi connectivity index (χ1) is 3.66. The van der Waals surface area contributed by atoms with E-state index in [-0.39, 0.29) is 0 Å². The lowest BCUT2D eigenvalue weighted by Gasteiger charge is -1.91. The summed E-state index contributed by atoms with van der Waals surface area (Å²) in [5.41, 5.74) is 6.25. The van der Waals surface area contributed by atoms with Crippen molar-refractivity contribution in [1.29, 1.82) is 0 Å². The van der Waals surface area contributed by atoms with Crippen molar-refractivity contribution in [2.24, 2.45) is 5.73 Å². The second-order valence-electron chi connectivity index (χ2n) is 1.56. The summed E-state index contributed by atoms with van der Waals surface area (Å²) < 4.78 is 0. The Morgan fingerprint density at radius 2 is 2.38 bits per heavy atom. The standard InChI is InChI=1S/C6H11NS/c1-3-6(7)4-5(2)8/h4,8H,2-3,7H2,1H3/b6-4+. The molecule has 0 aromatic heterocycles. The summed E-state index contributed by atoms with van der Waals surface area (Å²) in [5.74, 6) is 0. The minimum atomic E-state index is 0.712. The zero-order valence-corrected chi connectivity index (χ0v) is 5.91. The highest BCUT2D eigenvalue weighted by Crippen LogP contribution is 2.01. The zero-order chi connectivity index (χ0) is 6.57.